The Morgan fingerprint density at radius 3 is 2.40 bits per heavy atom. The zero-order valence-electron chi connectivity index (χ0n) is 19.5. The molecule has 0 saturated carbocycles. The molecular weight excluding hydrogens is 372 g/mol. The molecule has 0 bridgehead atoms. The van der Waals surface area contributed by atoms with Gasteiger partial charge >= 0.3 is 0 Å². The molecule has 2 heterocycles. The van der Waals surface area contributed by atoms with E-state index >= 15 is 0 Å². The number of hydrogen-bond acceptors (Lipinski definition) is 4. The number of amides is 1. The van der Waals surface area contributed by atoms with Crippen LogP contribution in [0.1, 0.15) is 43.7 Å². The Balaban J connectivity index is 1.34. The van der Waals surface area contributed by atoms with Gasteiger partial charge in [-0.1, -0.05) is 37.6 Å². The standard InChI is InChI=1S/C25H42N4O/c1-4-5-12-26(3)19-23-10-13-27(14-11-23)21-25(30)29-17-15-28(16-18-29)20-24-9-7-6-8-22(24)2/h6-9,23H,4-5,10-21H2,1-3H3. The Hall–Kier alpha value is -1.43. The second-order valence-electron chi connectivity index (χ2n) is 9.42. The number of aryl methyl sites for hydroxylation is 1. The number of likely N-dealkylation sites (tertiary alicyclic amines) is 1. The maximum absolute atomic E-state index is 12.8. The molecule has 0 unspecified atom stereocenters. The first kappa shape index (κ1) is 23.2. The largest absolute Gasteiger partial charge is 0.339 e. The van der Waals surface area contributed by atoms with Crippen LogP contribution >= 0.6 is 0 Å². The van der Waals surface area contributed by atoms with E-state index in [1.54, 1.807) is 0 Å². The van der Waals surface area contributed by atoms with Gasteiger partial charge in [-0.05, 0) is 69.9 Å². The molecule has 2 fully saturated rings. The number of hydrogen-bond donors (Lipinski definition) is 0. The van der Waals surface area contributed by atoms with Crippen molar-refractivity contribution in [3.8, 4) is 0 Å². The van der Waals surface area contributed by atoms with Gasteiger partial charge in [0.25, 0.3) is 0 Å². The highest BCUT2D eigenvalue weighted by atomic mass is 16.2. The van der Waals surface area contributed by atoms with Crippen molar-refractivity contribution in [3.05, 3.63) is 35.4 Å². The predicted molar refractivity (Wildman–Crippen MR) is 125 cm³/mol. The van der Waals surface area contributed by atoms with Crippen LogP contribution in [-0.2, 0) is 11.3 Å². The fourth-order valence-electron chi connectivity index (χ4n) is 4.76. The molecule has 3 rings (SSSR count). The summed E-state index contributed by atoms with van der Waals surface area (Å²) >= 11 is 0. The van der Waals surface area contributed by atoms with Crippen molar-refractivity contribution in [2.24, 2.45) is 5.92 Å². The molecule has 2 aliphatic heterocycles. The smallest absolute Gasteiger partial charge is 0.236 e. The normalized spacial score (nSPS) is 19.5. The summed E-state index contributed by atoms with van der Waals surface area (Å²) in [5, 5.41) is 0. The fourth-order valence-corrected chi connectivity index (χ4v) is 4.76. The van der Waals surface area contributed by atoms with Crippen molar-refractivity contribution >= 4 is 5.91 Å². The van der Waals surface area contributed by atoms with Crippen LogP contribution in [0.4, 0.5) is 0 Å². The van der Waals surface area contributed by atoms with Crippen LogP contribution in [0, 0.1) is 12.8 Å². The van der Waals surface area contributed by atoms with Gasteiger partial charge in [-0.25, -0.2) is 0 Å². The first-order valence-electron chi connectivity index (χ1n) is 12.0. The molecule has 30 heavy (non-hydrogen) atoms. The van der Waals surface area contributed by atoms with Crippen LogP contribution in [0.25, 0.3) is 0 Å². The van der Waals surface area contributed by atoms with Gasteiger partial charge in [-0.3, -0.25) is 14.6 Å². The van der Waals surface area contributed by atoms with Crippen LogP contribution in [0.15, 0.2) is 24.3 Å². The van der Waals surface area contributed by atoms with Crippen LogP contribution in [0.3, 0.4) is 0 Å². The molecule has 5 nitrogen and oxygen atoms in total. The summed E-state index contributed by atoms with van der Waals surface area (Å²) < 4.78 is 0. The first-order valence-corrected chi connectivity index (χ1v) is 12.0. The van der Waals surface area contributed by atoms with Crippen molar-refractivity contribution in [1.29, 1.82) is 0 Å². The van der Waals surface area contributed by atoms with Gasteiger partial charge in [0.1, 0.15) is 0 Å². The van der Waals surface area contributed by atoms with Crippen LogP contribution in [-0.4, -0.2) is 91.5 Å². The summed E-state index contributed by atoms with van der Waals surface area (Å²) in [7, 11) is 2.25. The minimum atomic E-state index is 0.323. The number of rotatable bonds is 9. The van der Waals surface area contributed by atoms with E-state index in [0.29, 0.717) is 12.5 Å². The van der Waals surface area contributed by atoms with Crippen molar-refractivity contribution < 1.29 is 4.79 Å². The molecule has 2 aliphatic rings. The fraction of sp³-hybridized carbons (Fsp3) is 0.720. The van der Waals surface area contributed by atoms with E-state index in [-0.39, 0.29) is 0 Å². The maximum atomic E-state index is 12.8. The quantitative estimate of drug-likeness (QED) is 0.621. The molecule has 0 atom stereocenters. The highest BCUT2D eigenvalue weighted by Crippen LogP contribution is 2.19. The predicted octanol–water partition coefficient (Wildman–Crippen LogP) is 3.08. The zero-order valence-corrected chi connectivity index (χ0v) is 19.5. The lowest BCUT2D eigenvalue weighted by atomic mass is 9.96. The Labute approximate surface area is 184 Å². The average Bonchev–Trinajstić information content (AvgIpc) is 2.76. The van der Waals surface area contributed by atoms with E-state index in [1.807, 2.05) is 0 Å². The van der Waals surface area contributed by atoms with Gasteiger partial charge in [0.05, 0.1) is 6.54 Å². The van der Waals surface area contributed by atoms with E-state index in [4.69, 9.17) is 0 Å². The summed E-state index contributed by atoms with van der Waals surface area (Å²) in [6, 6.07) is 8.62. The van der Waals surface area contributed by atoms with Gasteiger partial charge in [0, 0.05) is 39.3 Å². The second-order valence-corrected chi connectivity index (χ2v) is 9.42. The molecule has 0 N–H and O–H groups in total. The molecule has 0 aliphatic carbocycles. The van der Waals surface area contributed by atoms with Crippen molar-refractivity contribution in [1.82, 2.24) is 19.6 Å². The van der Waals surface area contributed by atoms with Gasteiger partial charge in [-0.2, -0.15) is 0 Å². The number of carbonyl (C=O) groups excluding carboxylic acids is 1. The lowest BCUT2D eigenvalue weighted by Gasteiger charge is -2.37. The van der Waals surface area contributed by atoms with Crippen molar-refractivity contribution in [2.45, 2.75) is 46.1 Å². The summed E-state index contributed by atoms with van der Waals surface area (Å²) in [6.45, 7) is 14.3. The number of carbonyl (C=O) groups is 1. The molecule has 0 radical (unpaired) electrons. The minimum Gasteiger partial charge on any atom is -0.339 e. The summed E-state index contributed by atoms with van der Waals surface area (Å²) in [6.07, 6.45) is 5.02. The SMILES string of the molecule is CCCCN(C)CC1CCN(CC(=O)N2CCN(Cc3ccccc3C)CC2)CC1. The van der Waals surface area contributed by atoms with Gasteiger partial charge in [0.2, 0.25) is 5.91 Å². The monoisotopic (exact) mass is 414 g/mol. The molecule has 168 valence electrons. The Morgan fingerprint density at radius 2 is 1.73 bits per heavy atom. The zero-order chi connectivity index (χ0) is 21.3. The Morgan fingerprint density at radius 1 is 1.03 bits per heavy atom. The van der Waals surface area contributed by atoms with Gasteiger partial charge in [-0.15, -0.1) is 0 Å². The molecule has 1 amide bonds. The van der Waals surface area contributed by atoms with Crippen LogP contribution in [0.5, 0.6) is 0 Å². The number of piperidine rings is 1. The average molecular weight is 415 g/mol. The Bertz CT molecular complexity index is 648. The van der Waals surface area contributed by atoms with E-state index < -0.39 is 0 Å². The van der Waals surface area contributed by atoms with Crippen molar-refractivity contribution in [2.75, 3.05) is 66.0 Å². The number of unbranched alkanes of at least 4 members (excludes halogenated alkanes) is 1. The molecule has 1 aromatic carbocycles. The Kier molecular flexibility index (Phi) is 9.16. The third-order valence-electron chi connectivity index (χ3n) is 6.91. The topological polar surface area (TPSA) is 30.0 Å². The summed E-state index contributed by atoms with van der Waals surface area (Å²) in [4.78, 5) is 22.3. The molecule has 0 aromatic heterocycles. The lowest BCUT2D eigenvalue weighted by Crippen LogP contribution is -2.51. The van der Waals surface area contributed by atoms with E-state index in [1.165, 1.54) is 49.9 Å². The third kappa shape index (κ3) is 7.07. The number of piperazine rings is 1. The summed E-state index contributed by atoms with van der Waals surface area (Å²) in [5.74, 6) is 1.12. The highest BCUT2D eigenvalue weighted by molar-refractivity contribution is 5.78. The van der Waals surface area contributed by atoms with Gasteiger partial charge < -0.3 is 9.80 Å². The molecule has 2 saturated heterocycles. The maximum Gasteiger partial charge on any atom is 0.236 e. The summed E-state index contributed by atoms with van der Waals surface area (Å²) in [5.41, 5.74) is 2.76. The van der Waals surface area contributed by atoms with Crippen molar-refractivity contribution in [3.63, 3.8) is 0 Å². The van der Waals surface area contributed by atoms with Crippen LogP contribution < -0.4 is 0 Å². The van der Waals surface area contributed by atoms with Crippen LogP contribution in [0.2, 0.25) is 0 Å². The molecular formula is C25H42N4O. The highest BCUT2D eigenvalue weighted by Gasteiger charge is 2.26. The second kappa shape index (κ2) is 11.8. The molecule has 1 aromatic rings. The minimum absolute atomic E-state index is 0.323. The molecule has 0 spiro atoms. The van der Waals surface area contributed by atoms with E-state index in [0.717, 1.165) is 51.7 Å². The molecule has 5 heteroatoms. The van der Waals surface area contributed by atoms with Gasteiger partial charge in [0.15, 0.2) is 0 Å². The number of nitrogens with zero attached hydrogens (tertiary/aromatic N) is 4. The first-order chi connectivity index (χ1) is 14.5. The lowest BCUT2D eigenvalue weighted by molar-refractivity contribution is -0.134. The third-order valence-corrected chi connectivity index (χ3v) is 6.91. The van der Waals surface area contributed by atoms with E-state index in [9.17, 15) is 4.79 Å². The number of benzene rings is 1. The van der Waals surface area contributed by atoms with E-state index in [2.05, 4.69) is 64.8 Å².